The van der Waals surface area contributed by atoms with Crippen molar-refractivity contribution in [3.63, 3.8) is 0 Å². The maximum absolute atomic E-state index is 5.71. The van der Waals surface area contributed by atoms with E-state index in [0.29, 0.717) is 0 Å². The molecule has 0 fully saturated rings. The molecule has 2 rings (SSSR count). The Bertz CT molecular complexity index is 641. The van der Waals surface area contributed by atoms with Crippen LogP contribution in [0.4, 0.5) is 0 Å². The molecule has 1 atom stereocenters. The van der Waals surface area contributed by atoms with Crippen LogP contribution in [0.1, 0.15) is 35.2 Å². The first-order valence-electron chi connectivity index (χ1n) is 6.80. The average molecular weight is 480 g/mol. The van der Waals surface area contributed by atoms with Crippen LogP contribution >= 0.6 is 49.9 Å². The van der Waals surface area contributed by atoms with Crippen LogP contribution in [-0.4, -0.2) is 13.7 Å². The number of ether oxygens (including phenoxy) is 1. The normalized spacial score (nSPS) is 12.5. The molecule has 0 aliphatic carbocycles. The van der Waals surface area contributed by atoms with Gasteiger partial charge in [0, 0.05) is 10.0 Å². The van der Waals surface area contributed by atoms with Crippen molar-refractivity contribution in [3.8, 4) is 5.75 Å². The van der Waals surface area contributed by atoms with Gasteiger partial charge in [0.1, 0.15) is 5.75 Å². The lowest BCUT2D eigenvalue weighted by Crippen LogP contribution is -2.23. The van der Waals surface area contributed by atoms with Crippen molar-refractivity contribution in [2.24, 2.45) is 0 Å². The molecule has 0 spiro atoms. The molecule has 1 heterocycles. The molecule has 0 radical (unpaired) electrons. The molecule has 0 amide bonds. The predicted molar refractivity (Wildman–Crippen MR) is 103 cm³/mol. The highest BCUT2D eigenvalue weighted by molar-refractivity contribution is 14.1. The standard InChI is InChI=1S/C16H19BrINOS/c1-5-19-15(11-7-13(18)21-8-11)14-10(3)12(17)6-9(2)16(14)20-4/h6-8,15,19H,5H2,1-4H3. The van der Waals surface area contributed by atoms with Gasteiger partial charge >= 0.3 is 0 Å². The third kappa shape index (κ3) is 3.63. The first-order valence-corrected chi connectivity index (χ1v) is 9.55. The van der Waals surface area contributed by atoms with Crippen LogP contribution in [0.3, 0.4) is 0 Å². The van der Waals surface area contributed by atoms with Crippen LogP contribution in [0.15, 0.2) is 22.0 Å². The third-order valence-electron chi connectivity index (χ3n) is 3.53. The van der Waals surface area contributed by atoms with Crippen molar-refractivity contribution < 1.29 is 4.74 Å². The number of methoxy groups -OCH3 is 1. The smallest absolute Gasteiger partial charge is 0.127 e. The maximum Gasteiger partial charge on any atom is 0.127 e. The van der Waals surface area contributed by atoms with E-state index in [0.717, 1.165) is 22.3 Å². The highest BCUT2D eigenvalue weighted by atomic mass is 127. The number of thiophene rings is 1. The number of rotatable bonds is 5. The van der Waals surface area contributed by atoms with Gasteiger partial charge in [-0.1, -0.05) is 22.9 Å². The van der Waals surface area contributed by atoms with E-state index < -0.39 is 0 Å². The fraction of sp³-hybridized carbons (Fsp3) is 0.375. The van der Waals surface area contributed by atoms with Crippen molar-refractivity contribution >= 4 is 49.9 Å². The summed E-state index contributed by atoms with van der Waals surface area (Å²) in [6.07, 6.45) is 0. The number of aryl methyl sites for hydroxylation is 1. The molecule has 0 saturated heterocycles. The zero-order chi connectivity index (χ0) is 15.6. The first kappa shape index (κ1) is 17.2. The molecule has 0 saturated carbocycles. The molecule has 21 heavy (non-hydrogen) atoms. The molecule has 114 valence electrons. The minimum absolute atomic E-state index is 0.154. The molecule has 0 aliphatic heterocycles. The molecular formula is C16H19BrINOS. The Hall–Kier alpha value is -0.110. The minimum Gasteiger partial charge on any atom is -0.496 e. The van der Waals surface area contributed by atoms with E-state index in [4.69, 9.17) is 4.74 Å². The van der Waals surface area contributed by atoms with Crippen molar-refractivity contribution in [2.45, 2.75) is 26.8 Å². The molecule has 2 aromatic rings. The Kier molecular flexibility index (Phi) is 6.11. The monoisotopic (exact) mass is 479 g/mol. The van der Waals surface area contributed by atoms with E-state index in [1.165, 1.54) is 19.6 Å². The molecule has 1 unspecified atom stereocenters. The summed E-state index contributed by atoms with van der Waals surface area (Å²) in [6.45, 7) is 7.28. The van der Waals surface area contributed by atoms with Gasteiger partial charge in [0.05, 0.1) is 16.0 Å². The summed E-state index contributed by atoms with van der Waals surface area (Å²) in [4.78, 5) is 0. The minimum atomic E-state index is 0.154. The van der Waals surface area contributed by atoms with Gasteiger partial charge in [-0.25, -0.2) is 0 Å². The topological polar surface area (TPSA) is 21.3 Å². The third-order valence-corrected chi connectivity index (χ3v) is 6.16. The van der Waals surface area contributed by atoms with Gasteiger partial charge in [0.15, 0.2) is 0 Å². The summed E-state index contributed by atoms with van der Waals surface area (Å²) in [5.41, 5.74) is 4.90. The van der Waals surface area contributed by atoms with Gasteiger partial charge in [-0.2, -0.15) is 0 Å². The lowest BCUT2D eigenvalue weighted by molar-refractivity contribution is 0.400. The second-order valence-electron chi connectivity index (χ2n) is 4.92. The second kappa shape index (κ2) is 7.44. The van der Waals surface area contributed by atoms with Gasteiger partial charge in [-0.3, -0.25) is 0 Å². The van der Waals surface area contributed by atoms with E-state index in [1.54, 1.807) is 18.4 Å². The number of benzene rings is 1. The molecule has 1 aromatic carbocycles. The van der Waals surface area contributed by atoms with Crippen LogP contribution < -0.4 is 10.1 Å². The SMILES string of the molecule is CCNC(c1csc(I)c1)c1c(C)c(Br)cc(C)c1OC. The highest BCUT2D eigenvalue weighted by Gasteiger charge is 2.23. The molecule has 1 N–H and O–H groups in total. The van der Waals surface area contributed by atoms with Gasteiger partial charge in [-0.05, 0) is 77.2 Å². The van der Waals surface area contributed by atoms with Crippen LogP contribution in [-0.2, 0) is 0 Å². The summed E-state index contributed by atoms with van der Waals surface area (Å²) in [7, 11) is 1.75. The molecule has 1 aromatic heterocycles. The van der Waals surface area contributed by atoms with E-state index in [2.05, 4.69) is 82.1 Å². The fourth-order valence-corrected chi connectivity index (χ4v) is 4.51. The van der Waals surface area contributed by atoms with Gasteiger partial charge in [0.25, 0.3) is 0 Å². The van der Waals surface area contributed by atoms with Crippen LogP contribution in [0.5, 0.6) is 5.75 Å². The number of hydrogen-bond acceptors (Lipinski definition) is 3. The summed E-state index contributed by atoms with van der Waals surface area (Å²) in [5, 5.41) is 5.83. The Labute approximate surface area is 152 Å². The van der Waals surface area contributed by atoms with Crippen molar-refractivity contribution in [3.05, 3.63) is 47.1 Å². The van der Waals surface area contributed by atoms with Crippen LogP contribution in [0, 0.1) is 16.7 Å². The van der Waals surface area contributed by atoms with E-state index >= 15 is 0 Å². The Morgan fingerprint density at radius 2 is 2.10 bits per heavy atom. The zero-order valence-corrected chi connectivity index (χ0v) is 17.1. The van der Waals surface area contributed by atoms with Crippen molar-refractivity contribution in [1.29, 1.82) is 0 Å². The average Bonchev–Trinajstić information content (AvgIpc) is 2.87. The highest BCUT2D eigenvalue weighted by Crippen LogP contribution is 2.39. The molecule has 2 nitrogen and oxygen atoms in total. The van der Waals surface area contributed by atoms with Crippen molar-refractivity contribution in [2.75, 3.05) is 13.7 Å². The molecular weight excluding hydrogens is 461 g/mol. The summed E-state index contributed by atoms with van der Waals surface area (Å²) in [6, 6.07) is 4.52. The largest absolute Gasteiger partial charge is 0.496 e. The molecule has 5 heteroatoms. The van der Waals surface area contributed by atoms with Gasteiger partial charge in [0.2, 0.25) is 0 Å². The van der Waals surface area contributed by atoms with Crippen LogP contribution in [0.25, 0.3) is 0 Å². The number of hydrogen-bond donors (Lipinski definition) is 1. The zero-order valence-electron chi connectivity index (χ0n) is 12.6. The predicted octanol–water partition coefficient (Wildman–Crippen LogP) is 5.44. The summed E-state index contributed by atoms with van der Waals surface area (Å²) in [5.74, 6) is 0.975. The van der Waals surface area contributed by atoms with E-state index in [1.807, 2.05) is 0 Å². The van der Waals surface area contributed by atoms with Crippen LogP contribution in [0.2, 0.25) is 0 Å². The quantitative estimate of drug-likeness (QED) is 0.576. The summed E-state index contributed by atoms with van der Waals surface area (Å²) < 4.78 is 8.14. The van der Waals surface area contributed by atoms with Gasteiger partial charge < -0.3 is 10.1 Å². The summed E-state index contributed by atoms with van der Waals surface area (Å²) >= 11 is 7.82. The van der Waals surface area contributed by atoms with Crippen molar-refractivity contribution in [1.82, 2.24) is 5.32 Å². The van der Waals surface area contributed by atoms with E-state index in [-0.39, 0.29) is 6.04 Å². The Morgan fingerprint density at radius 1 is 1.38 bits per heavy atom. The Morgan fingerprint density at radius 3 is 2.62 bits per heavy atom. The lowest BCUT2D eigenvalue weighted by Gasteiger charge is -2.24. The maximum atomic E-state index is 5.71. The fourth-order valence-electron chi connectivity index (χ4n) is 2.56. The first-order chi connectivity index (χ1) is 9.99. The molecule has 0 aliphatic rings. The Balaban J connectivity index is 2.64. The number of nitrogens with one attached hydrogen (secondary N) is 1. The lowest BCUT2D eigenvalue weighted by atomic mass is 9.93. The second-order valence-corrected chi connectivity index (χ2v) is 8.58. The molecule has 0 bridgehead atoms. The number of halogens is 2. The van der Waals surface area contributed by atoms with E-state index in [9.17, 15) is 0 Å². The van der Waals surface area contributed by atoms with Gasteiger partial charge in [-0.15, -0.1) is 11.3 Å².